The standard InChI is InChI=1S/C19H21N3O6S/c1-13(23)20-15-7-4-6-14(10-15)19(25)28-12-18(24)21-16-8-5-9-17(11-16)29(26,27)22(2)3/h4-11H,12H2,1-3H3,(H,20,23)(H,21,24). The number of rotatable bonds is 7. The van der Waals surface area contributed by atoms with Crippen LogP contribution in [-0.4, -0.2) is 51.2 Å². The molecule has 154 valence electrons. The topological polar surface area (TPSA) is 122 Å². The summed E-state index contributed by atoms with van der Waals surface area (Å²) in [6.07, 6.45) is 0. The summed E-state index contributed by atoms with van der Waals surface area (Å²) >= 11 is 0. The number of carbonyl (C=O) groups excluding carboxylic acids is 3. The Hall–Kier alpha value is -3.24. The lowest BCUT2D eigenvalue weighted by Crippen LogP contribution is -2.23. The van der Waals surface area contributed by atoms with E-state index in [4.69, 9.17) is 4.74 Å². The molecule has 2 N–H and O–H groups in total. The van der Waals surface area contributed by atoms with Gasteiger partial charge in [0.05, 0.1) is 10.5 Å². The zero-order chi connectivity index (χ0) is 21.6. The molecule has 0 aliphatic rings. The van der Waals surface area contributed by atoms with Crippen molar-refractivity contribution < 1.29 is 27.5 Å². The lowest BCUT2D eigenvalue weighted by molar-refractivity contribution is -0.119. The number of carbonyl (C=O) groups is 3. The molecule has 0 fully saturated rings. The van der Waals surface area contributed by atoms with E-state index in [9.17, 15) is 22.8 Å². The van der Waals surface area contributed by atoms with E-state index in [0.29, 0.717) is 5.69 Å². The van der Waals surface area contributed by atoms with Crippen molar-refractivity contribution in [3.05, 3.63) is 54.1 Å². The second-order valence-corrected chi connectivity index (χ2v) is 8.35. The number of hydrogen-bond donors (Lipinski definition) is 2. The summed E-state index contributed by atoms with van der Waals surface area (Å²) in [6, 6.07) is 11.8. The van der Waals surface area contributed by atoms with Gasteiger partial charge in [0.15, 0.2) is 6.61 Å². The van der Waals surface area contributed by atoms with E-state index in [1.54, 1.807) is 12.1 Å². The molecular formula is C19H21N3O6S. The van der Waals surface area contributed by atoms with Gasteiger partial charge < -0.3 is 15.4 Å². The summed E-state index contributed by atoms with van der Waals surface area (Å²) in [5.74, 6) is -1.65. The summed E-state index contributed by atoms with van der Waals surface area (Å²) in [7, 11) is -0.836. The van der Waals surface area contributed by atoms with Crippen molar-refractivity contribution in [3.8, 4) is 0 Å². The molecule has 2 aromatic rings. The number of nitrogens with zero attached hydrogens (tertiary/aromatic N) is 1. The van der Waals surface area contributed by atoms with E-state index in [0.717, 1.165) is 4.31 Å². The van der Waals surface area contributed by atoms with Crippen LogP contribution in [0, 0.1) is 0 Å². The minimum Gasteiger partial charge on any atom is -0.452 e. The average molecular weight is 419 g/mol. The van der Waals surface area contributed by atoms with E-state index in [1.165, 1.54) is 57.4 Å². The molecule has 0 spiro atoms. The van der Waals surface area contributed by atoms with Gasteiger partial charge in [0.25, 0.3) is 5.91 Å². The Balaban J connectivity index is 1.98. The smallest absolute Gasteiger partial charge is 0.338 e. The Morgan fingerprint density at radius 3 is 2.21 bits per heavy atom. The number of sulfonamides is 1. The highest BCUT2D eigenvalue weighted by molar-refractivity contribution is 7.89. The van der Waals surface area contributed by atoms with E-state index >= 15 is 0 Å². The molecule has 29 heavy (non-hydrogen) atoms. The zero-order valence-electron chi connectivity index (χ0n) is 16.1. The molecule has 2 amide bonds. The van der Waals surface area contributed by atoms with Gasteiger partial charge in [0, 0.05) is 32.4 Å². The highest BCUT2D eigenvalue weighted by atomic mass is 32.2. The molecular weight excluding hydrogens is 398 g/mol. The quantitative estimate of drug-likeness (QED) is 0.659. The van der Waals surface area contributed by atoms with Crippen LogP contribution in [0.25, 0.3) is 0 Å². The Morgan fingerprint density at radius 1 is 0.966 bits per heavy atom. The molecule has 0 aliphatic heterocycles. The second kappa shape index (κ2) is 9.30. The Labute approximate surface area is 168 Å². The van der Waals surface area contributed by atoms with E-state index < -0.39 is 28.5 Å². The molecule has 9 nitrogen and oxygen atoms in total. The third-order valence-corrected chi connectivity index (χ3v) is 5.46. The summed E-state index contributed by atoms with van der Waals surface area (Å²) in [6.45, 7) is 0.780. The number of anilines is 2. The number of nitrogens with one attached hydrogen (secondary N) is 2. The number of ether oxygens (including phenoxy) is 1. The fourth-order valence-corrected chi connectivity index (χ4v) is 3.23. The predicted octanol–water partition coefficient (Wildman–Crippen LogP) is 1.69. The van der Waals surface area contributed by atoms with Gasteiger partial charge >= 0.3 is 5.97 Å². The van der Waals surface area contributed by atoms with Crippen LogP contribution in [0.3, 0.4) is 0 Å². The molecule has 10 heteroatoms. The molecule has 0 aromatic heterocycles. The maximum Gasteiger partial charge on any atom is 0.338 e. The van der Waals surface area contributed by atoms with Crippen LogP contribution < -0.4 is 10.6 Å². The van der Waals surface area contributed by atoms with Crippen LogP contribution in [0.4, 0.5) is 11.4 Å². The largest absolute Gasteiger partial charge is 0.452 e. The Morgan fingerprint density at radius 2 is 1.59 bits per heavy atom. The maximum absolute atomic E-state index is 12.2. The summed E-state index contributed by atoms with van der Waals surface area (Å²) < 4.78 is 30.3. The summed E-state index contributed by atoms with van der Waals surface area (Å²) in [5, 5.41) is 5.03. The van der Waals surface area contributed by atoms with Crippen LogP contribution in [-0.2, 0) is 24.3 Å². The minimum absolute atomic E-state index is 0.0204. The van der Waals surface area contributed by atoms with Crippen molar-refractivity contribution in [2.45, 2.75) is 11.8 Å². The zero-order valence-corrected chi connectivity index (χ0v) is 16.9. The SMILES string of the molecule is CC(=O)Nc1cccc(C(=O)OCC(=O)Nc2cccc(S(=O)(=O)N(C)C)c2)c1. The van der Waals surface area contributed by atoms with Crippen LogP contribution in [0.2, 0.25) is 0 Å². The molecule has 0 saturated heterocycles. The predicted molar refractivity (Wildman–Crippen MR) is 107 cm³/mol. The van der Waals surface area contributed by atoms with Gasteiger partial charge in [-0.1, -0.05) is 12.1 Å². The third-order valence-electron chi connectivity index (χ3n) is 3.65. The first kappa shape index (κ1) is 22.1. The molecule has 0 bridgehead atoms. The van der Waals surface area contributed by atoms with Crippen molar-refractivity contribution >= 4 is 39.2 Å². The van der Waals surface area contributed by atoms with Gasteiger partial charge in [-0.05, 0) is 36.4 Å². The first-order chi connectivity index (χ1) is 13.6. The Kier molecular flexibility index (Phi) is 7.08. The maximum atomic E-state index is 12.2. The van der Waals surface area contributed by atoms with Crippen molar-refractivity contribution in [2.24, 2.45) is 0 Å². The first-order valence-electron chi connectivity index (χ1n) is 8.47. The van der Waals surface area contributed by atoms with Crippen LogP contribution in [0.5, 0.6) is 0 Å². The lowest BCUT2D eigenvalue weighted by Gasteiger charge is -2.13. The van der Waals surface area contributed by atoms with Crippen molar-refractivity contribution in [3.63, 3.8) is 0 Å². The first-order valence-corrected chi connectivity index (χ1v) is 9.91. The van der Waals surface area contributed by atoms with Crippen molar-refractivity contribution in [1.29, 1.82) is 0 Å². The lowest BCUT2D eigenvalue weighted by atomic mass is 10.2. The number of benzene rings is 2. The second-order valence-electron chi connectivity index (χ2n) is 6.20. The number of amides is 2. The van der Waals surface area contributed by atoms with Crippen LogP contribution in [0.15, 0.2) is 53.4 Å². The molecule has 2 rings (SSSR count). The monoisotopic (exact) mass is 419 g/mol. The third kappa shape index (κ3) is 6.13. The van der Waals surface area contributed by atoms with Gasteiger partial charge in [-0.3, -0.25) is 9.59 Å². The van der Waals surface area contributed by atoms with E-state index in [2.05, 4.69) is 10.6 Å². The van der Waals surface area contributed by atoms with E-state index in [-0.39, 0.29) is 22.1 Å². The molecule has 0 unspecified atom stereocenters. The molecule has 0 atom stereocenters. The number of esters is 1. The van der Waals surface area contributed by atoms with Crippen LogP contribution in [0.1, 0.15) is 17.3 Å². The highest BCUT2D eigenvalue weighted by Gasteiger charge is 2.18. The van der Waals surface area contributed by atoms with Gasteiger partial charge in [-0.2, -0.15) is 0 Å². The molecule has 0 aliphatic carbocycles. The normalized spacial score (nSPS) is 11.0. The van der Waals surface area contributed by atoms with Crippen LogP contribution >= 0.6 is 0 Å². The molecule has 0 heterocycles. The van der Waals surface area contributed by atoms with Gasteiger partial charge in [-0.25, -0.2) is 17.5 Å². The van der Waals surface area contributed by atoms with E-state index in [1.807, 2.05) is 0 Å². The number of hydrogen-bond acceptors (Lipinski definition) is 6. The summed E-state index contributed by atoms with van der Waals surface area (Å²) in [5.41, 5.74) is 0.847. The van der Waals surface area contributed by atoms with Crippen molar-refractivity contribution in [2.75, 3.05) is 31.3 Å². The summed E-state index contributed by atoms with van der Waals surface area (Å²) in [4.78, 5) is 35.3. The Bertz CT molecular complexity index is 1030. The van der Waals surface area contributed by atoms with Crippen molar-refractivity contribution in [1.82, 2.24) is 4.31 Å². The van der Waals surface area contributed by atoms with Gasteiger partial charge in [0.1, 0.15) is 0 Å². The molecule has 0 radical (unpaired) electrons. The van der Waals surface area contributed by atoms with Gasteiger partial charge in [-0.15, -0.1) is 0 Å². The minimum atomic E-state index is -3.64. The highest BCUT2D eigenvalue weighted by Crippen LogP contribution is 2.18. The molecule has 2 aromatic carbocycles. The fourth-order valence-electron chi connectivity index (χ4n) is 2.28. The molecule has 0 saturated carbocycles. The fraction of sp³-hybridized carbons (Fsp3) is 0.211. The van der Waals surface area contributed by atoms with Gasteiger partial charge in [0.2, 0.25) is 15.9 Å². The average Bonchev–Trinajstić information content (AvgIpc) is 2.66.